The largest absolute Gasteiger partial charge is 0.480 e. The van der Waals surface area contributed by atoms with Crippen molar-refractivity contribution in [2.45, 2.75) is 46.2 Å². The quantitative estimate of drug-likeness (QED) is 0.842. The van der Waals surface area contributed by atoms with Gasteiger partial charge in [0.2, 0.25) is 0 Å². The molecular formula is C15H23NO2. The van der Waals surface area contributed by atoms with Crippen molar-refractivity contribution in [1.82, 2.24) is 4.90 Å². The standard InChI is InChI=1S/C15H23NO2/c1-5-12-7-9-13(10-8-12)11-16(6-2)15(3,4)14(17)18/h7-10H,5-6,11H2,1-4H3,(H,17,18). The highest BCUT2D eigenvalue weighted by molar-refractivity contribution is 5.77. The van der Waals surface area contributed by atoms with E-state index >= 15 is 0 Å². The zero-order chi connectivity index (χ0) is 13.8. The van der Waals surface area contributed by atoms with Gasteiger partial charge in [-0.1, -0.05) is 38.1 Å². The molecule has 0 atom stereocenters. The number of hydrogen-bond acceptors (Lipinski definition) is 2. The Bertz CT molecular complexity index is 395. The SMILES string of the molecule is CCc1ccc(CN(CC)C(C)(C)C(=O)O)cc1. The van der Waals surface area contributed by atoms with Crippen LogP contribution in [0.3, 0.4) is 0 Å². The zero-order valence-electron chi connectivity index (χ0n) is 11.7. The Hall–Kier alpha value is -1.35. The van der Waals surface area contributed by atoms with Crippen molar-refractivity contribution < 1.29 is 9.90 Å². The van der Waals surface area contributed by atoms with Crippen molar-refractivity contribution in [1.29, 1.82) is 0 Å². The monoisotopic (exact) mass is 249 g/mol. The van der Waals surface area contributed by atoms with Crippen LogP contribution in [0.25, 0.3) is 0 Å². The molecule has 0 aliphatic heterocycles. The molecule has 0 saturated carbocycles. The van der Waals surface area contributed by atoms with Crippen LogP contribution in [0.4, 0.5) is 0 Å². The summed E-state index contributed by atoms with van der Waals surface area (Å²) in [6.45, 7) is 9.00. The van der Waals surface area contributed by atoms with Gasteiger partial charge in [0, 0.05) is 6.54 Å². The molecule has 18 heavy (non-hydrogen) atoms. The maximum Gasteiger partial charge on any atom is 0.323 e. The summed E-state index contributed by atoms with van der Waals surface area (Å²) in [5.41, 5.74) is 1.63. The van der Waals surface area contributed by atoms with Gasteiger partial charge in [-0.05, 0) is 37.9 Å². The number of nitrogens with zero attached hydrogens (tertiary/aromatic N) is 1. The van der Waals surface area contributed by atoms with E-state index < -0.39 is 11.5 Å². The smallest absolute Gasteiger partial charge is 0.323 e. The van der Waals surface area contributed by atoms with E-state index in [-0.39, 0.29) is 0 Å². The molecule has 0 bridgehead atoms. The number of carboxylic acids is 1. The predicted octanol–water partition coefficient (Wildman–Crippen LogP) is 2.93. The van der Waals surface area contributed by atoms with Crippen LogP contribution in [0.5, 0.6) is 0 Å². The molecule has 0 aliphatic rings. The first-order valence-electron chi connectivity index (χ1n) is 6.48. The van der Waals surface area contributed by atoms with E-state index in [1.165, 1.54) is 5.56 Å². The lowest BCUT2D eigenvalue weighted by Gasteiger charge is -2.34. The Morgan fingerprint density at radius 2 is 1.67 bits per heavy atom. The fourth-order valence-electron chi connectivity index (χ4n) is 1.94. The van der Waals surface area contributed by atoms with E-state index in [4.69, 9.17) is 0 Å². The van der Waals surface area contributed by atoms with Crippen molar-refractivity contribution in [2.24, 2.45) is 0 Å². The van der Waals surface area contributed by atoms with Crippen LogP contribution in [-0.4, -0.2) is 28.1 Å². The second-order valence-electron chi connectivity index (χ2n) is 5.05. The first-order valence-corrected chi connectivity index (χ1v) is 6.48. The number of aryl methyl sites for hydroxylation is 1. The van der Waals surface area contributed by atoms with Gasteiger partial charge in [0.25, 0.3) is 0 Å². The lowest BCUT2D eigenvalue weighted by Crippen LogP contribution is -2.49. The third-order valence-corrected chi connectivity index (χ3v) is 3.50. The number of likely N-dealkylation sites (N-methyl/N-ethyl adjacent to an activating group) is 1. The van der Waals surface area contributed by atoms with E-state index in [1.807, 2.05) is 11.8 Å². The first-order chi connectivity index (χ1) is 8.41. The van der Waals surface area contributed by atoms with Crippen molar-refractivity contribution in [2.75, 3.05) is 6.54 Å². The molecule has 0 aliphatic carbocycles. The first kappa shape index (κ1) is 14.7. The molecule has 3 heteroatoms. The topological polar surface area (TPSA) is 40.5 Å². The molecule has 0 aromatic heterocycles. The van der Waals surface area contributed by atoms with Crippen LogP contribution < -0.4 is 0 Å². The van der Waals surface area contributed by atoms with Crippen molar-refractivity contribution in [3.8, 4) is 0 Å². The molecule has 0 saturated heterocycles. The van der Waals surface area contributed by atoms with Crippen LogP contribution >= 0.6 is 0 Å². The lowest BCUT2D eigenvalue weighted by molar-refractivity contribution is -0.149. The summed E-state index contributed by atoms with van der Waals surface area (Å²) < 4.78 is 0. The molecule has 100 valence electrons. The van der Waals surface area contributed by atoms with Gasteiger partial charge in [-0.15, -0.1) is 0 Å². The highest BCUT2D eigenvalue weighted by Gasteiger charge is 2.33. The van der Waals surface area contributed by atoms with Gasteiger partial charge in [-0.25, -0.2) is 0 Å². The van der Waals surface area contributed by atoms with E-state index in [1.54, 1.807) is 13.8 Å². The molecule has 1 rings (SSSR count). The Morgan fingerprint density at radius 1 is 1.17 bits per heavy atom. The van der Waals surface area contributed by atoms with Gasteiger partial charge in [-0.3, -0.25) is 9.69 Å². The molecule has 0 radical (unpaired) electrons. The van der Waals surface area contributed by atoms with E-state index in [9.17, 15) is 9.90 Å². The highest BCUT2D eigenvalue weighted by atomic mass is 16.4. The third kappa shape index (κ3) is 3.33. The molecule has 1 aromatic carbocycles. The van der Waals surface area contributed by atoms with Crippen LogP contribution in [0, 0.1) is 0 Å². The molecule has 0 unspecified atom stereocenters. The zero-order valence-corrected chi connectivity index (χ0v) is 11.7. The average molecular weight is 249 g/mol. The minimum Gasteiger partial charge on any atom is -0.480 e. The number of aliphatic carboxylic acids is 1. The highest BCUT2D eigenvalue weighted by Crippen LogP contribution is 2.18. The molecule has 0 fully saturated rings. The van der Waals surface area contributed by atoms with Crippen molar-refractivity contribution >= 4 is 5.97 Å². The van der Waals surface area contributed by atoms with E-state index in [0.717, 1.165) is 18.5 Å². The summed E-state index contributed by atoms with van der Waals surface area (Å²) >= 11 is 0. The van der Waals surface area contributed by atoms with Gasteiger partial charge < -0.3 is 5.11 Å². The molecular weight excluding hydrogens is 226 g/mol. The van der Waals surface area contributed by atoms with Crippen LogP contribution in [-0.2, 0) is 17.8 Å². The van der Waals surface area contributed by atoms with Gasteiger partial charge in [0.1, 0.15) is 5.54 Å². The third-order valence-electron chi connectivity index (χ3n) is 3.50. The molecule has 0 amide bonds. The normalized spacial score (nSPS) is 11.8. The Morgan fingerprint density at radius 3 is 2.06 bits per heavy atom. The van der Waals surface area contributed by atoms with Crippen LogP contribution in [0.1, 0.15) is 38.8 Å². The summed E-state index contributed by atoms with van der Waals surface area (Å²) in [6, 6.07) is 8.38. The molecule has 0 spiro atoms. The maximum absolute atomic E-state index is 11.3. The van der Waals surface area contributed by atoms with Crippen LogP contribution in [0.2, 0.25) is 0 Å². The minimum atomic E-state index is -0.835. The molecule has 3 nitrogen and oxygen atoms in total. The van der Waals surface area contributed by atoms with Gasteiger partial charge in [0.15, 0.2) is 0 Å². The van der Waals surface area contributed by atoms with Crippen LogP contribution in [0.15, 0.2) is 24.3 Å². The molecule has 1 aromatic rings. The fraction of sp³-hybridized carbons (Fsp3) is 0.533. The minimum absolute atomic E-state index is 0.666. The van der Waals surface area contributed by atoms with Crippen molar-refractivity contribution in [3.05, 3.63) is 35.4 Å². The molecule has 1 N–H and O–H groups in total. The summed E-state index contributed by atoms with van der Waals surface area (Å²) in [4.78, 5) is 13.2. The Kier molecular flexibility index (Phi) is 4.91. The van der Waals surface area contributed by atoms with Gasteiger partial charge in [-0.2, -0.15) is 0 Å². The summed E-state index contributed by atoms with van der Waals surface area (Å²) in [5, 5.41) is 9.26. The number of hydrogen-bond donors (Lipinski definition) is 1. The predicted molar refractivity (Wildman–Crippen MR) is 73.6 cm³/mol. The maximum atomic E-state index is 11.3. The second-order valence-corrected chi connectivity index (χ2v) is 5.05. The van der Waals surface area contributed by atoms with Gasteiger partial charge >= 0.3 is 5.97 Å². The average Bonchev–Trinajstić information content (AvgIpc) is 2.36. The number of carboxylic acid groups (broad SMARTS) is 1. The lowest BCUT2D eigenvalue weighted by atomic mass is 10.0. The summed E-state index contributed by atoms with van der Waals surface area (Å²) in [5.74, 6) is -0.783. The second kappa shape index (κ2) is 6.01. The van der Waals surface area contributed by atoms with E-state index in [2.05, 4.69) is 31.2 Å². The number of benzene rings is 1. The Balaban J connectivity index is 2.82. The number of rotatable bonds is 6. The Labute approximate surface area is 109 Å². The van der Waals surface area contributed by atoms with Crippen molar-refractivity contribution in [3.63, 3.8) is 0 Å². The summed E-state index contributed by atoms with van der Waals surface area (Å²) in [7, 11) is 0. The summed E-state index contributed by atoms with van der Waals surface area (Å²) in [6.07, 6.45) is 1.03. The van der Waals surface area contributed by atoms with Gasteiger partial charge in [0.05, 0.1) is 0 Å². The molecule has 0 heterocycles. The fourth-order valence-corrected chi connectivity index (χ4v) is 1.94. The number of carbonyl (C=O) groups is 1. The van der Waals surface area contributed by atoms with E-state index in [0.29, 0.717) is 6.54 Å².